The minimum Gasteiger partial charge on any atom is -0.445 e. The molecule has 0 aliphatic heterocycles. The molecule has 8 heteroatoms. The molecule has 4 N–H and O–H groups in total. The van der Waals surface area contributed by atoms with E-state index >= 15 is 0 Å². The zero-order valence-corrected chi connectivity index (χ0v) is 21.2. The minimum absolute atomic E-state index is 0.00164. The number of amides is 2. The highest BCUT2D eigenvalue weighted by Gasteiger charge is 2.60. The molecule has 1 heterocycles. The maximum atomic E-state index is 12.8. The monoisotopic (exact) mass is 500 g/mol. The molecule has 35 heavy (non-hydrogen) atoms. The molecule has 6 atom stereocenters. The molecule has 2 amide bonds. The zero-order chi connectivity index (χ0) is 25.1. The number of hydrogen-bond acceptors (Lipinski definition) is 6. The van der Waals surface area contributed by atoms with Crippen molar-refractivity contribution in [3.63, 3.8) is 0 Å². The number of aliphatic hydroxyl groups excluding tert-OH is 2. The lowest BCUT2D eigenvalue weighted by atomic mass is 9.46. The summed E-state index contributed by atoms with van der Waals surface area (Å²) in [4.78, 5) is 26.6. The molecule has 0 radical (unpaired) electrons. The number of hydrogen-bond donors (Lipinski definition) is 4. The number of carbonyl (C=O) groups is 2. The number of aliphatic hydroxyl groups is 2. The number of carbonyl (C=O) groups excluding carboxylic acids is 2. The second kappa shape index (κ2) is 10.7. The predicted molar refractivity (Wildman–Crippen MR) is 136 cm³/mol. The van der Waals surface area contributed by atoms with Gasteiger partial charge in [0.2, 0.25) is 5.91 Å². The molecule has 2 aliphatic rings. The van der Waals surface area contributed by atoms with Crippen LogP contribution < -0.4 is 10.6 Å². The van der Waals surface area contributed by atoms with Crippen LogP contribution in [0.15, 0.2) is 47.8 Å². The number of rotatable bonds is 7. The Bertz CT molecular complexity index is 1000. The van der Waals surface area contributed by atoms with Gasteiger partial charge < -0.3 is 20.3 Å². The SMILES string of the molecule is C[C@]1(CO)[C@@H]2CC[C@@H](O)[C@@H](CC(=O)NCc3cccs3)[C@]2(C)CC[C@H]1OC(=O)Nc1ccccc1. The number of benzene rings is 1. The van der Waals surface area contributed by atoms with Crippen molar-refractivity contribution in [1.82, 2.24) is 5.32 Å². The van der Waals surface area contributed by atoms with Crippen molar-refractivity contribution >= 4 is 29.0 Å². The third kappa shape index (κ3) is 5.39. The number of anilines is 1. The van der Waals surface area contributed by atoms with Crippen LogP contribution in [0, 0.1) is 22.7 Å². The van der Waals surface area contributed by atoms with Crippen molar-refractivity contribution in [2.24, 2.45) is 22.7 Å². The van der Waals surface area contributed by atoms with Crippen LogP contribution in [-0.2, 0) is 16.1 Å². The molecule has 2 aromatic rings. The normalized spacial score (nSPS) is 32.3. The van der Waals surface area contributed by atoms with E-state index < -0.39 is 23.7 Å². The predicted octanol–water partition coefficient (Wildman–Crippen LogP) is 4.56. The van der Waals surface area contributed by atoms with Crippen molar-refractivity contribution in [1.29, 1.82) is 0 Å². The molecule has 0 saturated heterocycles. The molecular formula is C27H36N2O5S. The summed E-state index contributed by atoms with van der Waals surface area (Å²) in [7, 11) is 0. The van der Waals surface area contributed by atoms with Crippen LogP contribution in [0.3, 0.4) is 0 Å². The molecule has 4 rings (SSSR count). The molecule has 0 unspecified atom stereocenters. The summed E-state index contributed by atoms with van der Waals surface area (Å²) in [6.45, 7) is 4.46. The van der Waals surface area contributed by atoms with Gasteiger partial charge in [0.1, 0.15) is 6.10 Å². The highest BCUT2D eigenvalue weighted by atomic mass is 32.1. The van der Waals surface area contributed by atoms with E-state index in [4.69, 9.17) is 4.74 Å². The van der Waals surface area contributed by atoms with Crippen LogP contribution in [0.25, 0.3) is 0 Å². The van der Waals surface area contributed by atoms with Gasteiger partial charge in [0.25, 0.3) is 0 Å². The van der Waals surface area contributed by atoms with Crippen LogP contribution in [-0.4, -0.2) is 41.0 Å². The summed E-state index contributed by atoms with van der Waals surface area (Å²) in [5.41, 5.74) is -0.379. The molecule has 7 nitrogen and oxygen atoms in total. The second-order valence-electron chi connectivity index (χ2n) is 10.5. The maximum absolute atomic E-state index is 12.8. The Kier molecular flexibility index (Phi) is 7.83. The van der Waals surface area contributed by atoms with Gasteiger partial charge in [-0.25, -0.2) is 4.79 Å². The van der Waals surface area contributed by atoms with Crippen LogP contribution in [0.5, 0.6) is 0 Å². The highest BCUT2D eigenvalue weighted by Crippen LogP contribution is 2.61. The Hall–Kier alpha value is -2.42. The summed E-state index contributed by atoms with van der Waals surface area (Å²) in [5, 5.41) is 29.2. The van der Waals surface area contributed by atoms with Gasteiger partial charge in [-0.3, -0.25) is 10.1 Å². The quantitative estimate of drug-likeness (QED) is 0.446. The zero-order valence-electron chi connectivity index (χ0n) is 20.4. The fourth-order valence-electron chi connectivity index (χ4n) is 6.45. The average Bonchev–Trinajstić information content (AvgIpc) is 3.36. The van der Waals surface area contributed by atoms with Crippen LogP contribution in [0.4, 0.5) is 10.5 Å². The minimum atomic E-state index is -0.674. The van der Waals surface area contributed by atoms with Crippen molar-refractivity contribution in [3.05, 3.63) is 52.7 Å². The van der Waals surface area contributed by atoms with Gasteiger partial charge in [0.05, 0.1) is 19.3 Å². The number of thiophene rings is 1. The van der Waals surface area contributed by atoms with Crippen molar-refractivity contribution < 1.29 is 24.5 Å². The number of fused-ring (bicyclic) bond motifs is 1. The fraction of sp³-hybridized carbons (Fsp3) is 0.556. The summed E-state index contributed by atoms with van der Waals surface area (Å²) >= 11 is 1.60. The van der Waals surface area contributed by atoms with Crippen LogP contribution in [0.1, 0.15) is 50.8 Å². The first-order valence-corrected chi connectivity index (χ1v) is 13.2. The molecule has 1 aromatic carbocycles. The van der Waals surface area contributed by atoms with Crippen LogP contribution in [0.2, 0.25) is 0 Å². The van der Waals surface area contributed by atoms with E-state index in [1.54, 1.807) is 23.5 Å². The van der Waals surface area contributed by atoms with Gasteiger partial charge in [0.15, 0.2) is 0 Å². The summed E-state index contributed by atoms with van der Waals surface area (Å²) in [6.07, 6.45) is 1.20. The third-order valence-corrected chi connectivity index (χ3v) is 9.27. The highest BCUT2D eigenvalue weighted by molar-refractivity contribution is 7.09. The van der Waals surface area contributed by atoms with Crippen LogP contribution >= 0.6 is 11.3 Å². The second-order valence-corrected chi connectivity index (χ2v) is 11.5. The summed E-state index contributed by atoms with van der Waals surface area (Å²) in [5.74, 6) is -0.299. The van der Waals surface area contributed by atoms with Gasteiger partial charge in [-0.2, -0.15) is 0 Å². The molecule has 0 bridgehead atoms. The lowest BCUT2D eigenvalue weighted by Gasteiger charge is -2.60. The van der Waals surface area contributed by atoms with E-state index in [0.717, 1.165) is 4.88 Å². The summed E-state index contributed by atoms with van der Waals surface area (Å²) < 4.78 is 5.87. The Balaban J connectivity index is 1.46. The Morgan fingerprint density at radius 1 is 1.11 bits per heavy atom. The first kappa shape index (κ1) is 25.7. The smallest absolute Gasteiger partial charge is 0.411 e. The fourth-order valence-corrected chi connectivity index (χ4v) is 7.09. The van der Waals surface area contributed by atoms with Gasteiger partial charge >= 0.3 is 6.09 Å². The lowest BCUT2D eigenvalue weighted by Crippen LogP contribution is -2.61. The van der Waals surface area contributed by atoms with Gasteiger partial charge in [-0.05, 0) is 66.5 Å². The van der Waals surface area contributed by atoms with E-state index in [9.17, 15) is 19.8 Å². The molecular weight excluding hydrogens is 464 g/mol. The van der Waals surface area contributed by atoms with Gasteiger partial charge in [-0.1, -0.05) is 38.1 Å². The van der Waals surface area contributed by atoms with E-state index in [-0.39, 0.29) is 36.2 Å². The van der Waals surface area contributed by atoms with Crippen molar-refractivity contribution in [2.45, 2.75) is 64.7 Å². The third-order valence-electron chi connectivity index (χ3n) is 8.39. The molecule has 1 aromatic heterocycles. The van der Waals surface area contributed by atoms with E-state index in [1.165, 1.54) is 0 Å². The largest absolute Gasteiger partial charge is 0.445 e. The summed E-state index contributed by atoms with van der Waals surface area (Å²) in [6, 6.07) is 13.1. The number of para-hydroxylation sites is 1. The van der Waals surface area contributed by atoms with E-state index in [1.807, 2.05) is 42.6 Å². The Morgan fingerprint density at radius 2 is 1.89 bits per heavy atom. The van der Waals surface area contributed by atoms with E-state index in [0.29, 0.717) is 37.9 Å². The lowest BCUT2D eigenvalue weighted by molar-refractivity contribution is -0.185. The first-order chi connectivity index (χ1) is 16.8. The van der Waals surface area contributed by atoms with E-state index in [2.05, 4.69) is 17.6 Å². The first-order valence-electron chi connectivity index (χ1n) is 12.4. The van der Waals surface area contributed by atoms with Crippen molar-refractivity contribution in [3.8, 4) is 0 Å². The van der Waals surface area contributed by atoms with Gasteiger partial charge in [0, 0.05) is 22.4 Å². The molecule has 190 valence electrons. The molecule has 2 fully saturated rings. The Labute approximate surface area is 210 Å². The van der Waals surface area contributed by atoms with Crippen molar-refractivity contribution in [2.75, 3.05) is 11.9 Å². The average molecular weight is 501 g/mol. The molecule has 2 saturated carbocycles. The topological polar surface area (TPSA) is 108 Å². The van der Waals surface area contributed by atoms with Gasteiger partial charge in [-0.15, -0.1) is 11.3 Å². The standard InChI is InChI=1S/C27H36N2O5S/c1-26-13-12-23(34-25(33)29-18-7-4-3-5-8-18)27(2,17-30)22(26)11-10-21(31)20(26)15-24(32)28-16-19-9-6-14-35-19/h3-9,14,20-23,30-31H,10-13,15-17H2,1-2H3,(H,28,32)(H,29,33)/t20-,21-,22-,23-,26+,27+/m1/s1. The maximum Gasteiger partial charge on any atom is 0.411 e. The number of nitrogens with one attached hydrogen (secondary N) is 2. The Morgan fingerprint density at radius 3 is 2.57 bits per heavy atom. The number of ether oxygens (including phenoxy) is 1. The molecule has 2 aliphatic carbocycles. The molecule has 0 spiro atoms.